The van der Waals surface area contributed by atoms with E-state index in [1.807, 2.05) is 68.4 Å². The molecule has 186 valence electrons. The number of aromatic nitrogens is 5. The number of hydrogen-bond acceptors (Lipinski definition) is 8. The number of methoxy groups -OCH3 is 2. The van der Waals surface area contributed by atoms with E-state index in [0.29, 0.717) is 41.1 Å². The van der Waals surface area contributed by atoms with Crippen molar-refractivity contribution in [2.75, 3.05) is 20.8 Å². The molecule has 0 saturated heterocycles. The first-order chi connectivity index (χ1) is 17.5. The average molecular weight is 505 g/mol. The summed E-state index contributed by atoms with van der Waals surface area (Å²) in [6.07, 6.45) is 0.624. The lowest BCUT2D eigenvalue weighted by atomic mass is 10.1. The number of carbonyl (C=O) groups excluding carboxylic acids is 1. The zero-order valence-electron chi connectivity index (χ0n) is 20.7. The fourth-order valence-corrected chi connectivity index (χ4v) is 4.66. The zero-order valence-corrected chi connectivity index (χ0v) is 21.5. The van der Waals surface area contributed by atoms with Crippen LogP contribution < -0.4 is 14.8 Å². The van der Waals surface area contributed by atoms with Crippen LogP contribution in [0.3, 0.4) is 0 Å². The predicted molar refractivity (Wildman–Crippen MR) is 138 cm³/mol. The maximum Gasteiger partial charge on any atom is 0.273 e. The third-order valence-corrected chi connectivity index (χ3v) is 6.28. The third-order valence-electron chi connectivity index (χ3n) is 5.43. The minimum atomic E-state index is -0.283. The van der Waals surface area contributed by atoms with E-state index < -0.39 is 0 Å². The van der Waals surface area contributed by atoms with Crippen LogP contribution in [-0.2, 0) is 12.2 Å². The number of para-hydroxylation sites is 1. The molecule has 0 aliphatic rings. The van der Waals surface area contributed by atoms with Gasteiger partial charge in [0.25, 0.3) is 5.91 Å². The number of hydrogen-bond donors (Lipinski definition) is 1. The standard InChI is InChI=1S/C26H28N6O3S/c1-17-14-18(2)29-26(28-17)36-16-21-24(30-31-32(21)20-8-6-5-7-9-20)25(33)27-13-12-19-10-11-22(34-3)23(15-19)35-4/h5-11,14-15H,12-13,16H2,1-4H3,(H,27,33). The maximum absolute atomic E-state index is 13.1. The molecular weight excluding hydrogens is 476 g/mol. The van der Waals surface area contributed by atoms with Crippen LogP contribution in [0.1, 0.15) is 33.1 Å². The molecule has 0 spiro atoms. The van der Waals surface area contributed by atoms with Gasteiger partial charge in [0.05, 0.1) is 25.6 Å². The summed E-state index contributed by atoms with van der Waals surface area (Å²) in [7, 11) is 3.20. The Balaban J connectivity index is 1.51. The van der Waals surface area contributed by atoms with E-state index in [1.165, 1.54) is 11.8 Å². The van der Waals surface area contributed by atoms with Crippen molar-refractivity contribution in [3.05, 3.63) is 82.9 Å². The van der Waals surface area contributed by atoms with Gasteiger partial charge in [-0.1, -0.05) is 41.2 Å². The fourth-order valence-electron chi connectivity index (χ4n) is 3.72. The van der Waals surface area contributed by atoms with Crippen LogP contribution in [0, 0.1) is 13.8 Å². The molecule has 0 aliphatic carbocycles. The number of thioether (sulfide) groups is 1. The molecule has 2 aromatic carbocycles. The summed E-state index contributed by atoms with van der Waals surface area (Å²) in [4.78, 5) is 22.1. The Morgan fingerprint density at radius 2 is 1.69 bits per heavy atom. The van der Waals surface area contributed by atoms with E-state index in [2.05, 4.69) is 25.6 Å². The molecule has 4 rings (SSSR count). The first-order valence-electron chi connectivity index (χ1n) is 11.4. The molecular formula is C26H28N6O3S. The van der Waals surface area contributed by atoms with E-state index in [0.717, 1.165) is 22.6 Å². The molecule has 36 heavy (non-hydrogen) atoms. The van der Waals surface area contributed by atoms with Crippen LogP contribution in [0.25, 0.3) is 5.69 Å². The molecule has 2 heterocycles. The zero-order chi connectivity index (χ0) is 25.5. The highest BCUT2D eigenvalue weighted by atomic mass is 32.2. The minimum Gasteiger partial charge on any atom is -0.493 e. The summed E-state index contributed by atoms with van der Waals surface area (Å²) in [6, 6.07) is 17.3. The van der Waals surface area contributed by atoms with E-state index in [4.69, 9.17) is 9.47 Å². The van der Waals surface area contributed by atoms with Gasteiger partial charge >= 0.3 is 0 Å². The highest BCUT2D eigenvalue weighted by Crippen LogP contribution is 2.28. The Labute approximate surface area is 214 Å². The molecule has 0 fully saturated rings. The van der Waals surface area contributed by atoms with Crippen molar-refractivity contribution >= 4 is 17.7 Å². The second kappa shape index (κ2) is 11.7. The number of ether oxygens (including phenoxy) is 2. The molecule has 1 N–H and O–H groups in total. The Hall–Kier alpha value is -3.92. The van der Waals surface area contributed by atoms with Gasteiger partial charge in [-0.3, -0.25) is 4.79 Å². The third kappa shape index (κ3) is 6.01. The lowest BCUT2D eigenvalue weighted by Crippen LogP contribution is -2.27. The Kier molecular flexibility index (Phi) is 8.17. The molecule has 0 radical (unpaired) electrons. The molecule has 1 amide bonds. The number of carbonyl (C=O) groups is 1. The summed E-state index contributed by atoms with van der Waals surface area (Å²) < 4.78 is 12.3. The molecule has 0 atom stereocenters. The second-order valence-electron chi connectivity index (χ2n) is 8.05. The number of benzene rings is 2. The van der Waals surface area contributed by atoms with Crippen molar-refractivity contribution in [2.24, 2.45) is 0 Å². The molecule has 10 heteroatoms. The van der Waals surface area contributed by atoms with Gasteiger partial charge in [-0.2, -0.15) is 0 Å². The van der Waals surface area contributed by atoms with Gasteiger partial charge in [-0.25, -0.2) is 14.6 Å². The summed E-state index contributed by atoms with van der Waals surface area (Å²) in [5.41, 5.74) is 4.59. The van der Waals surface area contributed by atoms with Crippen molar-refractivity contribution in [1.82, 2.24) is 30.3 Å². The molecule has 0 bridgehead atoms. The van der Waals surface area contributed by atoms with Crippen LogP contribution in [0.5, 0.6) is 11.5 Å². The summed E-state index contributed by atoms with van der Waals surface area (Å²) in [5.74, 6) is 1.47. The normalized spacial score (nSPS) is 10.8. The minimum absolute atomic E-state index is 0.281. The molecule has 2 aromatic heterocycles. The van der Waals surface area contributed by atoms with E-state index >= 15 is 0 Å². The van der Waals surface area contributed by atoms with Crippen LogP contribution in [0.15, 0.2) is 59.8 Å². The Morgan fingerprint density at radius 3 is 2.39 bits per heavy atom. The lowest BCUT2D eigenvalue weighted by molar-refractivity contribution is 0.0948. The van der Waals surface area contributed by atoms with Crippen molar-refractivity contribution in [3.8, 4) is 17.2 Å². The van der Waals surface area contributed by atoms with E-state index in [-0.39, 0.29) is 11.6 Å². The maximum atomic E-state index is 13.1. The van der Waals surface area contributed by atoms with Gasteiger partial charge in [0.15, 0.2) is 22.3 Å². The largest absolute Gasteiger partial charge is 0.493 e. The smallest absolute Gasteiger partial charge is 0.273 e. The highest BCUT2D eigenvalue weighted by molar-refractivity contribution is 7.98. The molecule has 0 saturated carbocycles. The SMILES string of the molecule is COc1ccc(CCNC(=O)c2nnn(-c3ccccc3)c2CSc2nc(C)cc(C)n2)cc1OC. The van der Waals surface area contributed by atoms with E-state index in [1.54, 1.807) is 18.9 Å². The lowest BCUT2D eigenvalue weighted by Gasteiger charge is -2.10. The Morgan fingerprint density at radius 1 is 0.972 bits per heavy atom. The molecule has 9 nitrogen and oxygen atoms in total. The summed E-state index contributed by atoms with van der Waals surface area (Å²) in [5, 5.41) is 12.1. The number of nitrogens with zero attached hydrogens (tertiary/aromatic N) is 5. The van der Waals surface area contributed by atoms with Crippen molar-refractivity contribution < 1.29 is 14.3 Å². The van der Waals surface area contributed by atoms with Crippen LogP contribution in [0.4, 0.5) is 0 Å². The van der Waals surface area contributed by atoms with Gasteiger partial charge in [0.2, 0.25) is 0 Å². The van der Waals surface area contributed by atoms with Gasteiger partial charge in [-0.15, -0.1) is 5.10 Å². The monoisotopic (exact) mass is 504 g/mol. The van der Waals surface area contributed by atoms with Crippen LogP contribution in [0.2, 0.25) is 0 Å². The van der Waals surface area contributed by atoms with Gasteiger partial charge in [0, 0.05) is 23.7 Å². The number of nitrogens with one attached hydrogen (secondary N) is 1. The predicted octanol–water partition coefficient (Wildman–Crippen LogP) is 3.96. The first kappa shape index (κ1) is 25.2. The number of aryl methyl sites for hydroxylation is 2. The summed E-state index contributed by atoms with van der Waals surface area (Å²) in [6.45, 7) is 4.30. The van der Waals surface area contributed by atoms with Gasteiger partial charge in [-0.05, 0) is 56.2 Å². The van der Waals surface area contributed by atoms with Crippen molar-refractivity contribution in [2.45, 2.75) is 31.2 Å². The first-order valence-corrected chi connectivity index (χ1v) is 12.4. The molecule has 4 aromatic rings. The van der Waals surface area contributed by atoms with Gasteiger partial charge in [0.1, 0.15) is 0 Å². The molecule has 0 aliphatic heterocycles. The fraction of sp³-hybridized carbons (Fsp3) is 0.269. The second-order valence-corrected chi connectivity index (χ2v) is 8.99. The van der Waals surface area contributed by atoms with Crippen molar-refractivity contribution in [3.63, 3.8) is 0 Å². The quantitative estimate of drug-likeness (QED) is 0.256. The average Bonchev–Trinajstić information content (AvgIpc) is 3.31. The highest BCUT2D eigenvalue weighted by Gasteiger charge is 2.21. The Bertz CT molecular complexity index is 1320. The van der Waals surface area contributed by atoms with Gasteiger partial charge < -0.3 is 14.8 Å². The van der Waals surface area contributed by atoms with Crippen LogP contribution >= 0.6 is 11.8 Å². The summed E-state index contributed by atoms with van der Waals surface area (Å²) >= 11 is 1.45. The molecule has 0 unspecified atom stereocenters. The van der Waals surface area contributed by atoms with Crippen molar-refractivity contribution in [1.29, 1.82) is 0 Å². The number of amides is 1. The van der Waals surface area contributed by atoms with Crippen LogP contribution in [-0.4, -0.2) is 51.6 Å². The van der Waals surface area contributed by atoms with E-state index in [9.17, 15) is 4.79 Å². The number of rotatable bonds is 10. The topological polar surface area (TPSA) is 104 Å².